The van der Waals surface area contributed by atoms with Gasteiger partial charge >= 0.3 is 0 Å². The van der Waals surface area contributed by atoms with Crippen molar-refractivity contribution in [3.63, 3.8) is 0 Å². The number of fused-ring (bicyclic) bond motifs is 1. The van der Waals surface area contributed by atoms with Crippen LogP contribution in [-0.4, -0.2) is 14.7 Å². The van der Waals surface area contributed by atoms with Crippen molar-refractivity contribution < 1.29 is 4.52 Å². The molecule has 0 aliphatic rings. The summed E-state index contributed by atoms with van der Waals surface area (Å²) in [7, 11) is 0. The van der Waals surface area contributed by atoms with Crippen molar-refractivity contribution >= 4 is 39.2 Å². The van der Waals surface area contributed by atoms with Gasteiger partial charge in [0.05, 0.1) is 22.8 Å². The number of aromatic nitrogens is 3. The van der Waals surface area contributed by atoms with Crippen molar-refractivity contribution in [1.29, 1.82) is 0 Å². The first kappa shape index (κ1) is 13.6. The van der Waals surface area contributed by atoms with Crippen LogP contribution in [0.5, 0.6) is 0 Å². The van der Waals surface area contributed by atoms with Gasteiger partial charge in [-0.05, 0) is 51.2 Å². The Kier molecular flexibility index (Phi) is 3.30. The molecule has 1 N–H and O–H groups in total. The van der Waals surface area contributed by atoms with Crippen molar-refractivity contribution in [2.75, 3.05) is 0 Å². The molecule has 2 aromatic heterocycles. The molecule has 1 unspecified atom stereocenters. The standard InChI is InChI=1S/C14H14BrN3OS/c1-7-13(9(3)19-17-7)8(2)18-12-6-10(15)4-5-11(12)16-14(18)20/h4-6,8H,1-3H3,(H,16,20). The monoisotopic (exact) mass is 351 g/mol. The Morgan fingerprint density at radius 3 is 2.80 bits per heavy atom. The maximum atomic E-state index is 5.47. The molecular formula is C14H14BrN3OS. The van der Waals surface area contributed by atoms with Gasteiger partial charge in [-0.1, -0.05) is 21.1 Å². The normalized spacial score (nSPS) is 13.0. The Balaban J connectivity index is 2.26. The lowest BCUT2D eigenvalue weighted by atomic mass is 10.1. The van der Waals surface area contributed by atoms with Crippen molar-refractivity contribution in [3.05, 3.63) is 44.5 Å². The highest BCUT2D eigenvalue weighted by atomic mass is 79.9. The molecule has 0 radical (unpaired) electrons. The van der Waals surface area contributed by atoms with Crippen molar-refractivity contribution in [1.82, 2.24) is 14.7 Å². The van der Waals surface area contributed by atoms with Gasteiger partial charge in [0.15, 0.2) is 4.77 Å². The smallest absolute Gasteiger partial charge is 0.178 e. The highest BCUT2D eigenvalue weighted by molar-refractivity contribution is 9.10. The summed E-state index contributed by atoms with van der Waals surface area (Å²) in [5.74, 6) is 0.834. The largest absolute Gasteiger partial charge is 0.361 e. The average Bonchev–Trinajstić information content (AvgIpc) is 2.88. The molecule has 0 aliphatic carbocycles. The predicted molar refractivity (Wildman–Crippen MR) is 84.6 cm³/mol. The van der Waals surface area contributed by atoms with Gasteiger partial charge in [0, 0.05) is 10.0 Å². The number of imidazole rings is 1. The molecule has 2 heterocycles. The number of benzene rings is 1. The van der Waals surface area contributed by atoms with E-state index in [2.05, 4.69) is 43.6 Å². The van der Waals surface area contributed by atoms with Crippen LogP contribution in [0.3, 0.4) is 0 Å². The van der Waals surface area contributed by atoms with Crippen LogP contribution in [0.2, 0.25) is 0 Å². The van der Waals surface area contributed by atoms with E-state index >= 15 is 0 Å². The fourth-order valence-corrected chi connectivity index (χ4v) is 3.41. The Bertz CT molecular complexity index is 826. The first-order valence-electron chi connectivity index (χ1n) is 6.31. The first-order valence-corrected chi connectivity index (χ1v) is 7.51. The highest BCUT2D eigenvalue weighted by Crippen LogP contribution is 2.29. The second-order valence-electron chi connectivity index (χ2n) is 4.88. The van der Waals surface area contributed by atoms with Gasteiger partial charge < -0.3 is 14.1 Å². The number of nitrogens with one attached hydrogen (secondary N) is 1. The van der Waals surface area contributed by atoms with E-state index in [-0.39, 0.29) is 6.04 Å². The molecule has 0 aliphatic heterocycles. The summed E-state index contributed by atoms with van der Waals surface area (Å²) >= 11 is 8.98. The Labute approximate surface area is 129 Å². The Hall–Kier alpha value is -1.40. The van der Waals surface area contributed by atoms with Gasteiger partial charge in [0.1, 0.15) is 5.76 Å². The minimum atomic E-state index is 0.0665. The molecular weight excluding hydrogens is 338 g/mol. The third-order valence-corrected chi connectivity index (χ3v) is 4.37. The fraction of sp³-hybridized carbons (Fsp3) is 0.286. The van der Waals surface area contributed by atoms with Crippen LogP contribution in [0.4, 0.5) is 0 Å². The van der Waals surface area contributed by atoms with E-state index in [9.17, 15) is 0 Å². The molecule has 0 spiro atoms. The lowest BCUT2D eigenvalue weighted by molar-refractivity contribution is 0.391. The van der Waals surface area contributed by atoms with Crippen LogP contribution in [0.1, 0.15) is 30.0 Å². The molecule has 0 fully saturated rings. The summed E-state index contributed by atoms with van der Waals surface area (Å²) in [6.45, 7) is 5.99. The van der Waals surface area contributed by atoms with Gasteiger partial charge in [-0.3, -0.25) is 0 Å². The minimum Gasteiger partial charge on any atom is -0.361 e. The van der Waals surface area contributed by atoms with Crippen LogP contribution >= 0.6 is 28.1 Å². The lowest BCUT2D eigenvalue weighted by Gasteiger charge is -2.14. The molecule has 0 saturated heterocycles. The summed E-state index contributed by atoms with van der Waals surface area (Å²) in [4.78, 5) is 3.24. The molecule has 104 valence electrons. The summed E-state index contributed by atoms with van der Waals surface area (Å²) in [5.41, 5.74) is 4.08. The van der Waals surface area contributed by atoms with Crippen molar-refractivity contribution in [2.24, 2.45) is 0 Å². The second-order valence-corrected chi connectivity index (χ2v) is 6.18. The summed E-state index contributed by atoms with van der Waals surface area (Å²) in [6.07, 6.45) is 0. The quantitative estimate of drug-likeness (QED) is 0.682. The number of rotatable bonds is 2. The molecule has 1 atom stereocenters. The zero-order valence-corrected chi connectivity index (χ0v) is 13.8. The first-order chi connectivity index (χ1) is 9.49. The Morgan fingerprint density at radius 2 is 2.15 bits per heavy atom. The van der Waals surface area contributed by atoms with Gasteiger partial charge in [0.2, 0.25) is 0 Å². The molecule has 0 amide bonds. The SMILES string of the molecule is Cc1noc(C)c1C(C)n1c(=S)[nH]c2ccc(Br)cc21. The van der Waals surface area contributed by atoms with E-state index in [1.54, 1.807) is 0 Å². The number of aryl methyl sites for hydroxylation is 2. The molecule has 20 heavy (non-hydrogen) atoms. The number of hydrogen-bond acceptors (Lipinski definition) is 3. The third-order valence-electron chi connectivity index (χ3n) is 3.57. The van der Waals surface area contributed by atoms with Gasteiger partial charge in [-0.2, -0.15) is 0 Å². The van der Waals surface area contributed by atoms with E-state index in [0.29, 0.717) is 4.77 Å². The number of aromatic amines is 1. The predicted octanol–water partition coefficient (Wildman–Crippen LogP) is 4.68. The van der Waals surface area contributed by atoms with Crippen LogP contribution in [0.15, 0.2) is 27.2 Å². The zero-order valence-electron chi connectivity index (χ0n) is 11.4. The van der Waals surface area contributed by atoms with Gasteiger partial charge in [-0.25, -0.2) is 0 Å². The lowest BCUT2D eigenvalue weighted by Crippen LogP contribution is -2.08. The maximum absolute atomic E-state index is 5.47. The molecule has 4 nitrogen and oxygen atoms in total. The number of nitrogens with zero attached hydrogens (tertiary/aromatic N) is 2. The van der Waals surface area contributed by atoms with Crippen LogP contribution in [-0.2, 0) is 0 Å². The number of hydrogen-bond donors (Lipinski definition) is 1. The summed E-state index contributed by atoms with van der Waals surface area (Å²) < 4.78 is 9.10. The summed E-state index contributed by atoms with van der Waals surface area (Å²) in [5, 5.41) is 4.03. The number of H-pyrrole nitrogens is 1. The van der Waals surface area contributed by atoms with E-state index in [0.717, 1.165) is 32.5 Å². The minimum absolute atomic E-state index is 0.0665. The highest BCUT2D eigenvalue weighted by Gasteiger charge is 2.20. The van der Waals surface area contributed by atoms with Crippen molar-refractivity contribution in [2.45, 2.75) is 26.8 Å². The van der Waals surface area contributed by atoms with Crippen molar-refractivity contribution in [3.8, 4) is 0 Å². The Morgan fingerprint density at radius 1 is 1.40 bits per heavy atom. The third kappa shape index (κ3) is 2.03. The zero-order chi connectivity index (χ0) is 14.4. The molecule has 3 aromatic rings. The molecule has 0 saturated carbocycles. The molecule has 6 heteroatoms. The molecule has 3 rings (SSSR count). The van der Waals surface area contributed by atoms with E-state index < -0.39 is 0 Å². The summed E-state index contributed by atoms with van der Waals surface area (Å²) in [6, 6.07) is 6.15. The van der Waals surface area contributed by atoms with E-state index in [1.165, 1.54) is 0 Å². The van der Waals surface area contributed by atoms with Crippen LogP contribution in [0.25, 0.3) is 11.0 Å². The second kappa shape index (κ2) is 4.86. The van der Waals surface area contributed by atoms with E-state index in [1.807, 2.05) is 26.0 Å². The molecule has 1 aromatic carbocycles. The van der Waals surface area contributed by atoms with Gasteiger partial charge in [-0.15, -0.1) is 0 Å². The topological polar surface area (TPSA) is 46.8 Å². The van der Waals surface area contributed by atoms with Crippen LogP contribution in [0, 0.1) is 18.6 Å². The van der Waals surface area contributed by atoms with Crippen LogP contribution < -0.4 is 0 Å². The van der Waals surface area contributed by atoms with E-state index in [4.69, 9.17) is 16.7 Å². The fourth-order valence-electron chi connectivity index (χ4n) is 2.69. The maximum Gasteiger partial charge on any atom is 0.178 e. The number of halogens is 1. The average molecular weight is 352 g/mol. The molecule has 0 bridgehead atoms. The van der Waals surface area contributed by atoms with Gasteiger partial charge in [0.25, 0.3) is 0 Å².